The highest BCUT2D eigenvalue weighted by molar-refractivity contribution is 7.20. The molecular formula is C9H8N2OS. The number of hydrogen-bond donors (Lipinski definition) is 1. The molecule has 0 saturated carbocycles. The van der Waals surface area contributed by atoms with Gasteiger partial charge >= 0.3 is 0 Å². The van der Waals surface area contributed by atoms with Gasteiger partial charge in [-0.15, -0.1) is 11.3 Å². The summed E-state index contributed by atoms with van der Waals surface area (Å²) < 4.78 is 1.01. The number of aromatic nitrogens is 1. The molecule has 0 spiro atoms. The fraction of sp³-hybridized carbons (Fsp3) is 0.111. The van der Waals surface area contributed by atoms with Crippen LogP contribution in [0.2, 0.25) is 0 Å². The molecule has 0 saturated heterocycles. The van der Waals surface area contributed by atoms with Crippen LogP contribution in [0.1, 0.15) is 15.4 Å². The first-order chi connectivity index (χ1) is 6.16. The molecule has 0 fully saturated rings. The van der Waals surface area contributed by atoms with Crippen molar-refractivity contribution < 1.29 is 4.79 Å². The van der Waals surface area contributed by atoms with E-state index in [-0.39, 0.29) is 0 Å². The lowest BCUT2D eigenvalue weighted by Crippen LogP contribution is -2.09. The molecule has 0 aliphatic carbocycles. The van der Waals surface area contributed by atoms with E-state index in [1.54, 1.807) is 0 Å². The number of rotatable bonds is 1. The minimum absolute atomic E-state index is 0.376. The quantitative estimate of drug-likeness (QED) is 0.747. The zero-order valence-corrected chi connectivity index (χ0v) is 7.89. The molecule has 66 valence electrons. The number of thiazole rings is 1. The molecule has 1 heterocycles. The van der Waals surface area contributed by atoms with Crippen LogP contribution in [-0.2, 0) is 0 Å². The third-order valence-corrected chi connectivity index (χ3v) is 2.79. The number of nitrogens with zero attached hydrogens (tertiary/aromatic N) is 1. The highest BCUT2D eigenvalue weighted by Crippen LogP contribution is 2.22. The summed E-state index contributed by atoms with van der Waals surface area (Å²) in [6.45, 7) is 2.00. The van der Waals surface area contributed by atoms with E-state index in [2.05, 4.69) is 4.98 Å². The van der Waals surface area contributed by atoms with E-state index in [1.165, 1.54) is 11.3 Å². The topological polar surface area (TPSA) is 56.0 Å². The zero-order chi connectivity index (χ0) is 9.42. The Bertz CT molecular complexity index is 475. The van der Waals surface area contributed by atoms with Gasteiger partial charge in [0.2, 0.25) is 0 Å². The van der Waals surface area contributed by atoms with Crippen molar-refractivity contribution >= 4 is 27.5 Å². The molecule has 0 aliphatic rings. The minimum Gasteiger partial charge on any atom is -0.364 e. The van der Waals surface area contributed by atoms with Crippen LogP contribution in [0.3, 0.4) is 0 Å². The second-order valence-corrected chi connectivity index (χ2v) is 3.89. The maximum atomic E-state index is 10.8. The Hall–Kier alpha value is -1.42. The number of fused-ring (bicyclic) bond motifs is 1. The molecule has 1 aromatic heterocycles. The summed E-state index contributed by atoms with van der Waals surface area (Å²) >= 11 is 1.33. The molecule has 0 aliphatic heterocycles. The van der Waals surface area contributed by atoms with Gasteiger partial charge in [-0.3, -0.25) is 4.79 Å². The fourth-order valence-corrected chi connectivity index (χ4v) is 2.05. The molecule has 0 unspecified atom stereocenters. The summed E-state index contributed by atoms with van der Waals surface area (Å²) in [5.74, 6) is -0.459. The number of hydrogen-bond acceptors (Lipinski definition) is 3. The number of benzene rings is 1. The molecule has 4 heteroatoms. The van der Waals surface area contributed by atoms with E-state index >= 15 is 0 Å². The van der Waals surface area contributed by atoms with Crippen molar-refractivity contribution in [1.82, 2.24) is 4.98 Å². The number of primary amides is 1. The summed E-state index contributed by atoms with van der Waals surface area (Å²) in [6.07, 6.45) is 0. The minimum atomic E-state index is -0.459. The Kier molecular flexibility index (Phi) is 1.77. The molecule has 0 atom stereocenters. The smallest absolute Gasteiger partial charge is 0.277 e. The van der Waals surface area contributed by atoms with Gasteiger partial charge in [-0.2, -0.15) is 0 Å². The number of amides is 1. The highest BCUT2D eigenvalue weighted by atomic mass is 32.1. The fourth-order valence-electron chi connectivity index (χ4n) is 1.14. The Morgan fingerprint density at radius 3 is 3.00 bits per heavy atom. The molecule has 13 heavy (non-hydrogen) atoms. The van der Waals surface area contributed by atoms with Crippen LogP contribution in [0.4, 0.5) is 0 Å². The number of carbonyl (C=O) groups is 1. The molecule has 0 bridgehead atoms. The van der Waals surface area contributed by atoms with E-state index in [0.717, 1.165) is 15.8 Å². The first kappa shape index (κ1) is 8.19. The van der Waals surface area contributed by atoms with Crippen LogP contribution in [0.5, 0.6) is 0 Å². The summed E-state index contributed by atoms with van der Waals surface area (Å²) in [5, 5.41) is 0.376. The van der Waals surface area contributed by atoms with Crippen LogP contribution >= 0.6 is 11.3 Å². The molecule has 2 aromatic rings. The molecule has 0 radical (unpaired) electrons. The molecule has 1 amide bonds. The molecule has 1 aromatic carbocycles. The molecule has 3 nitrogen and oxygen atoms in total. The standard InChI is InChI=1S/C9H8N2OS/c1-5-2-3-6-7(4-5)13-9(11-6)8(10)12/h2-4H,1H3,(H2,10,12). The lowest BCUT2D eigenvalue weighted by molar-refractivity contribution is 0.1000. The van der Waals surface area contributed by atoms with Crippen molar-refractivity contribution in [3.63, 3.8) is 0 Å². The van der Waals surface area contributed by atoms with Gasteiger partial charge in [-0.05, 0) is 24.6 Å². The van der Waals surface area contributed by atoms with Gasteiger partial charge in [0.05, 0.1) is 10.2 Å². The monoisotopic (exact) mass is 192 g/mol. The highest BCUT2D eigenvalue weighted by Gasteiger charge is 2.07. The predicted octanol–water partition coefficient (Wildman–Crippen LogP) is 1.70. The van der Waals surface area contributed by atoms with Crippen molar-refractivity contribution in [3.8, 4) is 0 Å². The van der Waals surface area contributed by atoms with Gasteiger partial charge in [-0.25, -0.2) is 4.98 Å². The van der Waals surface area contributed by atoms with E-state index < -0.39 is 5.91 Å². The van der Waals surface area contributed by atoms with E-state index in [9.17, 15) is 4.79 Å². The van der Waals surface area contributed by atoms with Crippen molar-refractivity contribution in [2.75, 3.05) is 0 Å². The maximum absolute atomic E-state index is 10.8. The SMILES string of the molecule is Cc1ccc2nc(C(N)=O)sc2c1. The Labute approximate surface area is 79.2 Å². The van der Waals surface area contributed by atoms with Crippen molar-refractivity contribution in [3.05, 3.63) is 28.8 Å². The summed E-state index contributed by atoms with van der Waals surface area (Å²) in [4.78, 5) is 14.9. The van der Waals surface area contributed by atoms with Gasteiger partial charge in [0.15, 0.2) is 5.01 Å². The second kappa shape index (κ2) is 2.81. The predicted molar refractivity (Wildman–Crippen MR) is 52.9 cm³/mol. The average molecular weight is 192 g/mol. The lowest BCUT2D eigenvalue weighted by Gasteiger charge is -1.88. The van der Waals surface area contributed by atoms with Crippen molar-refractivity contribution in [2.45, 2.75) is 6.92 Å². The van der Waals surface area contributed by atoms with E-state index in [4.69, 9.17) is 5.73 Å². The molecule has 2 rings (SSSR count). The van der Waals surface area contributed by atoms with Crippen LogP contribution in [0.15, 0.2) is 18.2 Å². The largest absolute Gasteiger partial charge is 0.364 e. The van der Waals surface area contributed by atoms with Gasteiger partial charge < -0.3 is 5.73 Å². The first-order valence-corrected chi connectivity index (χ1v) is 4.65. The summed E-state index contributed by atoms with van der Waals surface area (Å²) in [6, 6.07) is 5.86. The summed E-state index contributed by atoms with van der Waals surface area (Å²) in [7, 11) is 0. The first-order valence-electron chi connectivity index (χ1n) is 3.84. The number of nitrogens with two attached hydrogens (primary N) is 1. The van der Waals surface area contributed by atoms with Crippen LogP contribution in [0.25, 0.3) is 10.2 Å². The molecule has 2 N–H and O–H groups in total. The normalized spacial score (nSPS) is 10.5. The van der Waals surface area contributed by atoms with Gasteiger partial charge in [0.1, 0.15) is 0 Å². The van der Waals surface area contributed by atoms with Gasteiger partial charge in [-0.1, -0.05) is 6.07 Å². The van der Waals surface area contributed by atoms with E-state index in [0.29, 0.717) is 5.01 Å². The van der Waals surface area contributed by atoms with Gasteiger partial charge in [0.25, 0.3) is 5.91 Å². The van der Waals surface area contributed by atoms with Crippen LogP contribution < -0.4 is 5.73 Å². The van der Waals surface area contributed by atoms with Crippen molar-refractivity contribution in [1.29, 1.82) is 0 Å². The zero-order valence-electron chi connectivity index (χ0n) is 7.07. The lowest BCUT2D eigenvalue weighted by atomic mass is 10.2. The Morgan fingerprint density at radius 1 is 1.54 bits per heavy atom. The second-order valence-electron chi connectivity index (χ2n) is 2.85. The third kappa shape index (κ3) is 1.40. The van der Waals surface area contributed by atoms with Crippen LogP contribution in [-0.4, -0.2) is 10.9 Å². The van der Waals surface area contributed by atoms with Crippen molar-refractivity contribution in [2.24, 2.45) is 5.73 Å². The average Bonchev–Trinajstić information content (AvgIpc) is 2.46. The Balaban J connectivity index is 2.68. The number of aryl methyl sites for hydroxylation is 1. The summed E-state index contributed by atoms with van der Waals surface area (Å²) in [5.41, 5.74) is 7.12. The van der Waals surface area contributed by atoms with E-state index in [1.807, 2.05) is 25.1 Å². The Morgan fingerprint density at radius 2 is 2.31 bits per heavy atom. The van der Waals surface area contributed by atoms with Gasteiger partial charge in [0, 0.05) is 0 Å². The third-order valence-electron chi connectivity index (χ3n) is 1.75. The van der Waals surface area contributed by atoms with Crippen LogP contribution in [0, 0.1) is 6.92 Å². The molecular weight excluding hydrogens is 184 g/mol. The number of carbonyl (C=O) groups excluding carboxylic acids is 1. The maximum Gasteiger partial charge on any atom is 0.277 e.